The van der Waals surface area contributed by atoms with Crippen molar-refractivity contribution >= 4 is 5.91 Å². The predicted molar refractivity (Wildman–Crippen MR) is 81.5 cm³/mol. The highest BCUT2D eigenvalue weighted by Gasteiger charge is 2.25. The largest absolute Gasteiger partial charge is 0.490 e. The summed E-state index contributed by atoms with van der Waals surface area (Å²) < 4.78 is 11.1. The number of rotatable bonds is 6. The van der Waals surface area contributed by atoms with Crippen LogP contribution in [0.25, 0.3) is 0 Å². The van der Waals surface area contributed by atoms with Crippen LogP contribution >= 0.6 is 0 Å². The van der Waals surface area contributed by atoms with Crippen molar-refractivity contribution in [1.82, 2.24) is 4.90 Å². The lowest BCUT2D eigenvalue weighted by Crippen LogP contribution is -2.49. The van der Waals surface area contributed by atoms with Gasteiger partial charge in [-0.3, -0.25) is 4.79 Å². The summed E-state index contributed by atoms with van der Waals surface area (Å²) in [6, 6.07) is 7.56. The molecule has 1 aliphatic heterocycles. The molecule has 1 fully saturated rings. The Labute approximate surface area is 126 Å². The molecule has 1 unspecified atom stereocenters. The summed E-state index contributed by atoms with van der Waals surface area (Å²) in [5.74, 6) is 1.27. The summed E-state index contributed by atoms with van der Waals surface area (Å²) in [4.78, 5) is 14.2. The van der Waals surface area contributed by atoms with E-state index in [-0.39, 0.29) is 18.6 Å². The molecule has 116 valence electrons. The second kappa shape index (κ2) is 7.88. The maximum Gasteiger partial charge on any atom is 0.260 e. The monoisotopic (exact) mass is 292 g/mol. The highest BCUT2D eigenvalue weighted by molar-refractivity contribution is 5.78. The minimum absolute atomic E-state index is 0.00329. The average molecular weight is 292 g/mol. The Morgan fingerprint density at radius 1 is 1.29 bits per heavy atom. The van der Waals surface area contributed by atoms with Crippen LogP contribution in [0.3, 0.4) is 0 Å². The number of likely N-dealkylation sites (tertiary alicyclic amines) is 1. The Balaban J connectivity index is 1.94. The van der Waals surface area contributed by atoms with Crippen molar-refractivity contribution in [2.24, 2.45) is 5.73 Å². The zero-order valence-electron chi connectivity index (χ0n) is 12.6. The number of amides is 1. The number of benzene rings is 1. The standard InChI is InChI=1S/C16H24N2O3/c1-2-20-14-8-3-4-9-15(14)21-12-16(19)18-10-6-5-7-13(18)11-17/h3-4,8-9,13H,2,5-7,10-12,17H2,1H3. The fraction of sp³-hybridized carbons (Fsp3) is 0.562. The fourth-order valence-electron chi connectivity index (χ4n) is 2.64. The van der Waals surface area contributed by atoms with Crippen LogP contribution < -0.4 is 15.2 Å². The molecule has 5 heteroatoms. The van der Waals surface area contributed by atoms with Gasteiger partial charge >= 0.3 is 0 Å². The quantitative estimate of drug-likeness (QED) is 0.868. The Bertz CT molecular complexity index is 465. The Kier molecular flexibility index (Phi) is 5.87. The van der Waals surface area contributed by atoms with Crippen molar-refractivity contribution in [3.05, 3.63) is 24.3 Å². The van der Waals surface area contributed by atoms with Crippen molar-refractivity contribution < 1.29 is 14.3 Å². The van der Waals surface area contributed by atoms with E-state index in [1.54, 1.807) is 0 Å². The van der Waals surface area contributed by atoms with Gasteiger partial charge in [-0.2, -0.15) is 0 Å². The van der Waals surface area contributed by atoms with E-state index in [1.165, 1.54) is 0 Å². The maximum absolute atomic E-state index is 12.3. The van der Waals surface area contributed by atoms with Crippen molar-refractivity contribution in [3.63, 3.8) is 0 Å². The number of ether oxygens (including phenoxy) is 2. The first-order chi connectivity index (χ1) is 10.3. The molecule has 1 heterocycles. The molecule has 1 aromatic rings. The minimum atomic E-state index is -0.00329. The number of hydrogen-bond acceptors (Lipinski definition) is 4. The molecule has 5 nitrogen and oxygen atoms in total. The van der Waals surface area contributed by atoms with Gasteiger partial charge in [-0.05, 0) is 38.3 Å². The lowest BCUT2D eigenvalue weighted by molar-refractivity contribution is -0.136. The van der Waals surface area contributed by atoms with Gasteiger partial charge in [0.1, 0.15) is 0 Å². The highest BCUT2D eigenvalue weighted by Crippen LogP contribution is 2.26. The smallest absolute Gasteiger partial charge is 0.260 e. The molecule has 0 spiro atoms. The Morgan fingerprint density at radius 3 is 2.67 bits per heavy atom. The molecular formula is C16H24N2O3. The summed E-state index contributed by atoms with van der Waals surface area (Å²) in [6.07, 6.45) is 3.16. The first kappa shape index (κ1) is 15.6. The van der Waals surface area contributed by atoms with E-state index >= 15 is 0 Å². The zero-order chi connectivity index (χ0) is 15.1. The maximum atomic E-state index is 12.3. The second-order valence-electron chi connectivity index (χ2n) is 5.14. The third-order valence-electron chi connectivity index (χ3n) is 3.72. The van der Waals surface area contributed by atoms with Crippen LogP contribution in [0.5, 0.6) is 11.5 Å². The van der Waals surface area contributed by atoms with Crippen LogP contribution in [0.2, 0.25) is 0 Å². The number of hydrogen-bond donors (Lipinski definition) is 1. The molecule has 1 aromatic carbocycles. The van der Waals surface area contributed by atoms with Gasteiger partial charge in [-0.25, -0.2) is 0 Å². The minimum Gasteiger partial charge on any atom is -0.490 e. The number of carbonyl (C=O) groups is 1. The molecule has 0 saturated carbocycles. The molecule has 1 saturated heterocycles. The van der Waals surface area contributed by atoms with Gasteiger partial charge < -0.3 is 20.1 Å². The van der Waals surface area contributed by atoms with Gasteiger partial charge in [-0.15, -0.1) is 0 Å². The van der Waals surface area contributed by atoms with Gasteiger partial charge in [0.25, 0.3) is 5.91 Å². The van der Waals surface area contributed by atoms with Crippen LogP contribution in [0, 0.1) is 0 Å². The van der Waals surface area contributed by atoms with E-state index in [0.717, 1.165) is 25.8 Å². The van der Waals surface area contributed by atoms with E-state index in [4.69, 9.17) is 15.2 Å². The molecule has 1 atom stereocenters. The summed E-state index contributed by atoms with van der Waals surface area (Å²) in [5.41, 5.74) is 5.75. The highest BCUT2D eigenvalue weighted by atomic mass is 16.5. The van der Waals surface area contributed by atoms with Crippen LogP contribution in [0.1, 0.15) is 26.2 Å². The van der Waals surface area contributed by atoms with Crippen molar-refractivity contribution in [1.29, 1.82) is 0 Å². The molecule has 1 amide bonds. The molecule has 2 N–H and O–H groups in total. The van der Waals surface area contributed by atoms with Gasteiger partial charge in [0.15, 0.2) is 18.1 Å². The van der Waals surface area contributed by atoms with E-state index < -0.39 is 0 Å². The Morgan fingerprint density at radius 2 is 2.00 bits per heavy atom. The first-order valence-corrected chi connectivity index (χ1v) is 7.60. The van der Waals surface area contributed by atoms with E-state index in [9.17, 15) is 4.79 Å². The zero-order valence-corrected chi connectivity index (χ0v) is 12.6. The lowest BCUT2D eigenvalue weighted by Gasteiger charge is -2.35. The molecular weight excluding hydrogens is 268 g/mol. The summed E-state index contributed by atoms with van der Waals surface area (Å²) in [7, 11) is 0. The van der Waals surface area contributed by atoms with Gasteiger partial charge in [0.2, 0.25) is 0 Å². The first-order valence-electron chi connectivity index (χ1n) is 7.60. The van der Waals surface area contributed by atoms with Crippen LogP contribution in [-0.2, 0) is 4.79 Å². The van der Waals surface area contributed by atoms with E-state index in [1.807, 2.05) is 36.1 Å². The fourth-order valence-corrected chi connectivity index (χ4v) is 2.64. The molecule has 2 rings (SSSR count). The summed E-state index contributed by atoms with van der Waals surface area (Å²) >= 11 is 0. The van der Waals surface area contributed by atoms with E-state index in [2.05, 4.69) is 0 Å². The molecule has 1 aliphatic rings. The summed E-state index contributed by atoms with van der Waals surface area (Å²) in [6.45, 7) is 3.80. The topological polar surface area (TPSA) is 64.8 Å². The van der Waals surface area contributed by atoms with Crippen LogP contribution in [-0.4, -0.2) is 43.2 Å². The van der Waals surface area contributed by atoms with Gasteiger partial charge in [0.05, 0.1) is 6.61 Å². The van der Waals surface area contributed by atoms with Gasteiger partial charge in [0, 0.05) is 19.1 Å². The SMILES string of the molecule is CCOc1ccccc1OCC(=O)N1CCCCC1CN. The molecule has 21 heavy (non-hydrogen) atoms. The number of para-hydroxylation sites is 2. The molecule has 0 aromatic heterocycles. The second-order valence-corrected chi connectivity index (χ2v) is 5.14. The van der Waals surface area contributed by atoms with Crippen LogP contribution in [0.4, 0.5) is 0 Å². The summed E-state index contributed by atoms with van der Waals surface area (Å²) in [5, 5.41) is 0. The van der Waals surface area contributed by atoms with Crippen molar-refractivity contribution in [2.75, 3.05) is 26.3 Å². The lowest BCUT2D eigenvalue weighted by atomic mass is 10.0. The number of piperidine rings is 1. The molecule has 0 radical (unpaired) electrons. The number of carbonyl (C=O) groups excluding carboxylic acids is 1. The molecule has 0 bridgehead atoms. The number of nitrogens with two attached hydrogens (primary N) is 1. The third kappa shape index (κ3) is 4.11. The van der Waals surface area contributed by atoms with Crippen molar-refractivity contribution in [3.8, 4) is 11.5 Å². The molecule has 0 aliphatic carbocycles. The van der Waals surface area contributed by atoms with E-state index in [0.29, 0.717) is 24.7 Å². The van der Waals surface area contributed by atoms with Crippen molar-refractivity contribution in [2.45, 2.75) is 32.2 Å². The number of nitrogens with zero attached hydrogens (tertiary/aromatic N) is 1. The predicted octanol–water partition coefficient (Wildman–Crippen LogP) is 1.80. The van der Waals surface area contributed by atoms with Gasteiger partial charge in [-0.1, -0.05) is 12.1 Å². The normalized spacial score (nSPS) is 18.4. The van der Waals surface area contributed by atoms with Crippen LogP contribution in [0.15, 0.2) is 24.3 Å². The third-order valence-corrected chi connectivity index (χ3v) is 3.72. The Hall–Kier alpha value is -1.75. The average Bonchev–Trinajstić information content (AvgIpc) is 2.54.